The standard InChI is InChI=1S/C26H34FN3O2/c1-21(26(31)23-5-3-2-4-6-23)19-28-11-13-29(14-12-28)20-25(30-15-17-32-18-16-30)22-7-9-24(27)10-8-22/h2-10,21,25H,11-20H2,1H3/t21-,25+/m0/s1. The second-order valence-electron chi connectivity index (χ2n) is 8.95. The Kier molecular flexibility index (Phi) is 8.03. The van der Waals surface area contributed by atoms with Crippen LogP contribution in [0.25, 0.3) is 0 Å². The van der Waals surface area contributed by atoms with Crippen LogP contribution in [-0.4, -0.2) is 86.1 Å². The summed E-state index contributed by atoms with van der Waals surface area (Å²) in [5.41, 5.74) is 1.96. The normalized spacial score (nSPS) is 20.7. The molecule has 2 aromatic carbocycles. The number of halogens is 1. The van der Waals surface area contributed by atoms with Crippen LogP contribution in [0.1, 0.15) is 28.9 Å². The number of ether oxygens (including phenoxy) is 1. The summed E-state index contributed by atoms with van der Waals surface area (Å²) in [6, 6.07) is 16.8. The van der Waals surface area contributed by atoms with Crippen molar-refractivity contribution >= 4 is 5.78 Å². The Morgan fingerprint density at radius 3 is 2.09 bits per heavy atom. The molecular formula is C26H34FN3O2. The van der Waals surface area contributed by atoms with Crippen molar-refractivity contribution in [2.24, 2.45) is 5.92 Å². The van der Waals surface area contributed by atoms with Crippen LogP contribution >= 0.6 is 0 Å². The molecule has 2 aromatic rings. The van der Waals surface area contributed by atoms with E-state index in [0.717, 1.165) is 76.7 Å². The van der Waals surface area contributed by atoms with Gasteiger partial charge in [0.1, 0.15) is 5.82 Å². The van der Waals surface area contributed by atoms with Gasteiger partial charge in [-0.05, 0) is 17.7 Å². The fourth-order valence-electron chi connectivity index (χ4n) is 4.76. The second-order valence-corrected chi connectivity index (χ2v) is 8.95. The molecule has 0 spiro atoms. The highest BCUT2D eigenvalue weighted by Gasteiger charge is 2.28. The van der Waals surface area contributed by atoms with E-state index in [9.17, 15) is 9.18 Å². The van der Waals surface area contributed by atoms with Crippen molar-refractivity contribution < 1.29 is 13.9 Å². The fourth-order valence-corrected chi connectivity index (χ4v) is 4.76. The lowest BCUT2D eigenvalue weighted by molar-refractivity contribution is 0.00272. The van der Waals surface area contributed by atoms with Gasteiger partial charge in [-0.15, -0.1) is 0 Å². The highest BCUT2D eigenvalue weighted by atomic mass is 19.1. The molecule has 172 valence electrons. The van der Waals surface area contributed by atoms with E-state index in [0.29, 0.717) is 0 Å². The molecule has 0 saturated carbocycles. The molecule has 2 saturated heterocycles. The minimum atomic E-state index is -0.192. The van der Waals surface area contributed by atoms with E-state index in [1.807, 2.05) is 49.4 Å². The number of carbonyl (C=O) groups excluding carboxylic acids is 1. The molecule has 2 heterocycles. The highest BCUT2D eigenvalue weighted by molar-refractivity contribution is 5.97. The van der Waals surface area contributed by atoms with E-state index in [2.05, 4.69) is 14.7 Å². The lowest BCUT2D eigenvalue weighted by Crippen LogP contribution is -2.51. The second kappa shape index (κ2) is 11.1. The van der Waals surface area contributed by atoms with Gasteiger partial charge in [0.05, 0.1) is 13.2 Å². The summed E-state index contributed by atoms with van der Waals surface area (Å²) in [5.74, 6) is 0.0169. The van der Waals surface area contributed by atoms with Crippen LogP contribution in [0.2, 0.25) is 0 Å². The molecule has 0 amide bonds. The third-order valence-electron chi connectivity index (χ3n) is 6.68. The first-order valence-electron chi connectivity index (χ1n) is 11.7. The number of hydrogen-bond donors (Lipinski definition) is 0. The van der Waals surface area contributed by atoms with Crippen LogP contribution in [0.15, 0.2) is 54.6 Å². The highest BCUT2D eigenvalue weighted by Crippen LogP contribution is 2.24. The lowest BCUT2D eigenvalue weighted by atomic mass is 9.98. The molecule has 5 nitrogen and oxygen atoms in total. The Morgan fingerprint density at radius 1 is 0.875 bits per heavy atom. The molecular weight excluding hydrogens is 405 g/mol. The van der Waals surface area contributed by atoms with E-state index in [-0.39, 0.29) is 23.6 Å². The first-order valence-corrected chi connectivity index (χ1v) is 11.7. The van der Waals surface area contributed by atoms with E-state index in [1.54, 1.807) is 12.1 Å². The maximum absolute atomic E-state index is 13.5. The van der Waals surface area contributed by atoms with E-state index in [1.165, 1.54) is 0 Å². The summed E-state index contributed by atoms with van der Waals surface area (Å²) < 4.78 is 19.0. The van der Waals surface area contributed by atoms with Crippen LogP contribution in [0.5, 0.6) is 0 Å². The van der Waals surface area contributed by atoms with Gasteiger partial charge >= 0.3 is 0 Å². The molecule has 2 aliphatic rings. The lowest BCUT2D eigenvalue weighted by Gasteiger charge is -2.41. The van der Waals surface area contributed by atoms with Gasteiger partial charge in [-0.1, -0.05) is 49.4 Å². The van der Waals surface area contributed by atoms with Gasteiger partial charge in [-0.2, -0.15) is 0 Å². The maximum atomic E-state index is 13.5. The first-order chi connectivity index (χ1) is 15.6. The Bertz CT molecular complexity index is 847. The summed E-state index contributed by atoms with van der Waals surface area (Å²) in [6.07, 6.45) is 0. The smallest absolute Gasteiger partial charge is 0.166 e. The van der Waals surface area contributed by atoms with Gasteiger partial charge < -0.3 is 9.64 Å². The molecule has 2 atom stereocenters. The molecule has 32 heavy (non-hydrogen) atoms. The first kappa shape index (κ1) is 23.1. The van der Waals surface area contributed by atoms with Crippen LogP contribution in [0, 0.1) is 11.7 Å². The van der Waals surface area contributed by atoms with Crippen molar-refractivity contribution in [3.05, 3.63) is 71.5 Å². The van der Waals surface area contributed by atoms with Gasteiger partial charge in [-0.3, -0.25) is 14.6 Å². The minimum Gasteiger partial charge on any atom is -0.379 e. The van der Waals surface area contributed by atoms with Gasteiger partial charge in [0, 0.05) is 69.9 Å². The number of carbonyl (C=O) groups is 1. The summed E-state index contributed by atoms with van der Waals surface area (Å²) in [5, 5.41) is 0. The SMILES string of the molecule is C[C@@H](CN1CCN(C[C@H](c2ccc(F)cc2)N2CCOCC2)CC1)C(=O)c1ccccc1. The van der Waals surface area contributed by atoms with Crippen molar-refractivity contribution in [2.45, 2.75) is 13.0 Å². The zero-order valence-corrected chi connectivity index (χ0v) is 19.0. The van der Waals surface area contributed by atoms with E-state index in [4.69, 9.17) is 4.74 Å². The molecule has 0 bridgehead atoms. The molecule has 0 aromatic heterocycles. The maximum Gasteiger partial charge on any atom is 0.166 e. The largest absolute Gasteiger partial charge is 0.379 e. The van der Waals surface area contributed by atoms with Gasteiger partial charge in [-0.25, -0.2) is 4.39 Å². The molecule has 0 aliphatic carbocycles. The van der Waals surface area contributed by atoms with Gasteiger partial charge in [0.2, 0.25) is 0 Å². The predicted octanol–water partition coefficient (Wildman–Crippen LogP) is 3.34. The van der Waals surface area contributed by atoms with E-state index >= 15 is 0 Å². The van der Waals surface area contributed by atoms with Crippen molar-refractivity contribution in [1.82, 2.24) is 14.7 Å². The monoisotopic (exact) mass is 439 g/mol. The number of morpholine rings is 1. The third-order valence-corrected chi connectivity index (χ3v) is 6.68. The average Bonchev–Trinajstić information content (AvgIpc) is 2.85. The quantitative estimate of drug-likeness (QED) is 0.590. The zero-order valence-electron chi connectivity index (χ0n) is 19.0. The Morgan fingerprint density at radius 2 is 1.47 bits per heavy atom. The van der Waals surface area contributed by atoms with Crippen molar-refractivity contribution in [3.8, 4) is 0 Å². The average molecular weight is 440 g/mol. The number of piperazine rings is 1. The number of ketones is 1. The molecule has 6 heteroatoms. The van der Waals surface area contributed by atoms with Crippen molar-refractivity contribution in [3.63, 3.8) is 0 Å². The Labute approximate surface area is 190 Å². The third kappa shape index (κ3) is 6.01. The van der Waals surface area contributed by atoms with Crippen LogP contribution < -0.4 is 0 Å². The number of benzene rings is 2. The van der Waals surface area contributed by atoms with Crippen molar-refractivity contribution in [1.29, 1.82) is 0 Å². The number of hydrogen-bond acceptors (Lipinski definition) is 5. The number of Topliss-reactive ketones (excluding diaryl/α,β-unsaturated/α-hetero) is 1. The zero-order chi connectivity index (χ0) is 22.3. The summed E-state index contributed by atoms with van der Waals surface area (Å²) in [7, 11) is 0. The Hall–Kier alpha value is -2.12. The van der Waals surface area contributed by atoms with Crippen LogP contribution in [0.3, 0.4) is 0 Å². The van der Waals surface area contributed by atoms with Crippen molar-refractivity contribution in [2.75, 3.05) is 65.6 Å². The van der Waals surface area contributed by atoms with Gasteiger partial charge in [0.15, 0.2) is 5.78 Å². The summed E-state index contributed by atoms with van der Waals surface area (Å²) in [4.78, 5) is 20.1. The van der Waals surface area contributed by atoms with Gasteiger partial charge in [0.25, 0.3) is 0 Å². The molecule has 4 rings (SSSR count). The topological polar surface area (TPSA) is 36.0 Å². The molecule has 2 aliphatic heterocycles. The number of nitrogens with zero attached hydrogens (tertiary/aromatic N) is 3. The van der Waals surface area contributed by atoms with Crippen LogP contribution in [-0.2, 0) is 4.74 Å². The summed E-state index contributed by atoms with van der Waals surface area (Å²) >= 11 is 0. The minimum absolute atomic E-state index is 0.00994. The summed E-state index contributed by atoms with van der Waals surface area (Å²) in [6.45, 7) is 11.0. The number of rotatable bonds is 8. The fraction of sp³-hybridized carbons (Fsp3) is 0.500. The molecule has 0 radical (unpaired) electrons. The molecule has 0 N–H and O–H groups in total. The Balaban J connectivity index is 1.32. The predicted molar refractivity (Wildman–Crippen MR) is 124 cm³/mol. The van der Waals surface area contributed by atoms with E-state index < -0.39 is 0 Å². The van der Waals surface area contributed by atoms with Crippen LogP contribution in [0.4, 0.5) is 4.39 Å². The molecule has 0 unspecified atom stereocenters. The molecule has 2 fully saturated rings.